The van der Waals surface area contributed by atoms with Gasteiger partial charge < -0.3 is 0 Å². The van der Waals surface area contributed by atoms with E-state index in [2.05, 4.69) is 0 Å². The van der Waals surface area contributed by atoms with Gasteiger partial charge in [-0.2, -0.15) is 0 Å². The highest BCUT2D eigenvalue weighted by Crippen LogP contribution is 2.07. The van der Waals surface area contributed by atoms with Gasteiger partial charge in [0.15, 0.2) is 0 Å². The summed E-state index contributed by atoms with van der Waals surface area (Å²) >= 11 is 0. The van der Waals surface area contributed by atoms with Crippen LogP contribution in [0.3, 0.4) is 0 Å². The molecule has 0 radical (unpaired) electrons. The summed E-state index contributed by atoms with van der Waals surface area (Å²) in [5.74, 6) is -0.132. The van der Waals surface area contributed by atoms with Gasteiger partial charge in [0, 0.05) is 12.8 Å². The van der Waals surface area contributed by atoms with Gasteiger partial charge in [-0.3, -0.25) is 4.79 Å². The van der Waals surface area contributed by atoms with Crippen molar-refractivity contribution in [2.45, 2.75) is 12.8 Å². The molecule has 0 N–H and O–H groups in total. The quantitative estimate of drug-likeness (QED) is 0.825. The number of carbonyl (C=O) groups is 1. The number of halogens is 2. The molecule has 0 saturated heterocycles. The molecule has 0 aliphatic rings. The highest BCUT2D eigenvalue weighted by Gasteiger charge is 2.05. The maximum Gasteiger partial charge on any atom is 0.141 e. The fourth-order valence-electron chi connectivity index (χ4n) is 1.72. The lowest BCUT2D eigenvalue weighted by molar-refractivity contribution is -0.117. The maximum absolute atomic E-state index is 12.7. The molecule has 0 aromatic heterocycles. The minimum absolute atomic E-state index is 0. The third-order valence-electron chi connectivity index (χ3n) is 2.56. The molecule has 18 heavy (non-hydrogen) atoms. The molecule has 0 atom stereocenters. The molecule has 0 saturated carbocycles. The highest BCUT2D eigenvalue weighted by molar-refractivity contribution is 5.85. The summed E-state index contributed by atoms with van der Waals surface area (Å²) in [4.78, 5) is 11.8. The van der Waals surface area contributed by atoms with Gasteiger partial charge in [-0.15, -0.1) is 12.4 Å². The first kappa shape index (κ1) is 14.4. The lowest BCUT2D eigenvalue weighted by Crippen LogP contribution is -2.06. The van der Waals surface area contributed by atoms with Crippen LogP contribution in [0.1, 0.15) is 11.1 Å². The Morgan fingerprint density at radius 2 is 1.33 bits per heavy atom. The third kappa shape index (κ3) is 4.30. The Balaban J connectivity index is 0.00000162. The molecular formula is C15H14ClFO. The molecule has 0 heterocycles. The van der Waals surface area contributed by atoms with Crippen molar-refractivity contribution in [3.05, 3.63) is 71.5 Å². The summed E-state index contributed by atoms with van der Waals surface area (Å²) in [7, 11) is 0. The normalized spacial score (nSPS) is 9.61. The van der Waals surface area contributed by atoms with Crippen LogP contribution in [-0.4, -0.2) is 5.78 Å². The molecule has 0 amide bonds. The van der Waals surface area contributed by atoms with E-state index in [-0.39, 0.29) is 24.0 Å². The SMILES string of the molecule is Cl.O=C(Cc1ccccc1)Cc1ccc(F)cc1. The van der Waals surface area contributed by atoms with Gasteiger partial charge in [-0.05, 0) is 23.3 Å². The van der Waals surface area contributed by atoms with E-state index in [1.165, 1.54) is 12.1 Å². The van der Waals surface area contributed by atoms with Crippen LogP contribution in [0.4, 0.5) is 4.39 Å². The van der Waals surface area contributed by atoms with Crippen molar-refractivity contribution in [1.29, 1.82) is 0 Å². The Bertz CT molecular complexity index is 494. The predicted molar refractivity (Wildman–Crippen MR) is 72.5 cm³/mol. The van der Waals surface area contributed by atoms with Gasteiger partial charge in [0.25, 0.3) is 0 Å². The molecule has 1 nitrogen and oxygen atoms in total. The van der Waals surface area contributed by atoms with E-state index in [0.29, 0.717) is 12.8 Å². The second kappa shape index (κ2) is 6.92. The number of benzene rings is 2. The van der Waals surface area contributed by atoms with Crippen molar-refractivity contribution in [3.63, 3.8) is 0 Å². The summed E-state index contributed by atoms with van der Waals surface area (Å²) in [6.45, 7) is 0. The van der Waals surface area contributed by atoms with E-state index < -0.39 is 0 Å². The van der Waals surface area contributed by atoms with Crippen molar-refractivity contribution >= 4 is 18.2 Å². The first-order valence-electron chi connectivity index (χ1n) is 5.54. The third-order valence-corrected chi connectivity index (χ3v) is 2.56. The van der Waals surface area contributed by atoms with Crippen LogP contribution in [-0.2, 0) is 17.6 Å². The molecule has 3 heteroatoms. The Labute approximate surface area is 112 Å². The van der Waals surface area contributed by atoms with E-state index in [1.54, 1.807) is 12.1 Å². The van der Waals surface area contributed by atoms with Crippen LogP contribution >= 0.6 is 12.4 Å². The summed E-state index contributed by atoms with van der Waals surface area (Å²) in [6.07, 6.45) is 0.785. The van der Waals surface area contributed by atoms with E-state index in [1.807, 2.05) is 30.3 Å². The minimum atomic E-state index is -0.274. The van der Waals surface area contributed by atoms with Crippen LogP contribution in [0.25, 0.3) is 0 Å². The van der Waals surface area contributed by atoms with Crippen molar-refractivity contribution in [2.75, 3.05) is 0 Å². The Hall–Kier alpha value is -1.67. The Morgan fingerprint density at radius 3 is 1.89 bits per heavy atom. The van der Waals surface area contributed by atoms with Crippen molar-refractivity contribution in [2.24, 2.45) is 0 Å². The lowest BCUT2D eigenvalue weighted by Gasteiger charge is -2.01. The number of hydrogen-bond donors (Lipinski definition) is 0. The zero-order valence-electron chi connectivity index (χ0n) is 9.80. The van der Waals surface area contributed by atoms with E-state index in [9.17, 15) is 9.18 Å². The molecule has 0 aliphatic carbocycles. The second-order valence-corrected chi connectivity index (χ2v) is 4.00. The average molecular weight is 265 g/mol. The topological polar surface area (TPSA) is 17.1 Å². The molecule has 0 bridgehead atoms. The molecule has 2 rings (SSSR count). The van der Waals surface area contributed by atoms with Crippen LogP contribution in [0.5, 0.6) is 0 Å². The summed E-state index contributed by atoms with van der Waals surface area (Å²) in [6, 6.07) is 15.7. The van der Waals surface area contributed by atoms with Gasteiger partial charge in [0.2, 0.25) is 0 Å². The Morgan fingerprint density at radius 1 is 0.833 bits per heavy atom. The van der Waals surface area contributed by atoms with Gasteiger partial charge >= 0.3 is 0 Å². The van der Waals surface area contributed by atoms with Crippen LogP contribution in [0.15, 0.2) is 54.6 Å². The van der Waals surface area contributed by atoms with Crippen LogP contribution < -0.4 is 0 Å². The molecule has 0 fully saturated rings. The van der Waals surface area contributed by atoms with Crippen LogP contribution in [0, 0.1) is 5.82 Å². The first-order chi connectivity index (χ1) is 8.24. The summed E-state index contributed by atoms with van der Waals surface area (Å²) in [5, 5.41) is 0. The van der Waals surface area contributed by atoms with Crippen molar-refractivity contribution < 1.29 is 9.18 Å². The monoisotopic (exact) mass is 264 g/mol. The minimum Gasteiger partial charge on any atom is -0.299 e. The fourth-order valence-corrected chi connectivity index (χ4v) is 1.72. The van der Waals surface area contributed by atoms with Gasteiger partial charge in [-0.25, -0.2) is 4.39 Å². The summed E-state index contributed by atoms with van der Waals surface area (Å²) < 4.78 is 12.7. The number of Topliss-reactive ketones (excluding diaryl/α,β-unsaturated/α-hetero) is 1. The largest absolute Gasteiger partial charge is 0.299 e. The zero-order valence-corrected chi connectivity index (χ0v) is 10.6. The molecule has 2 aromatic carbocycles. The smallest absolute Gasteiger partial charge is 0.141 e. The van der Waals surface area contributed by atoms with Crippen molar-refractivity contribution in [3.8, 4) is 0 Å². The van der Waals surface area contributed by atoms with Crippen molar-refractivity contribution in [1.82, 2.24) is 0 Å². The summed E-state index contributed by atoms with van der Waals surface area (Å²) in [5.41, 5.74) is 1.87. The van der Waals surface area contributed by atoms with E-state index >= 15 is 0 Å². The maximum atomic E-state index is 12.7. The molecule has 2 aromatic rings. The Kier molecular flexibility index (Phi) is 5.53. The number of carbonyl (C=O) groups excluding carboxylic acids is 1. The average Bonchev–Trinajstić information content (AvgIpc) is 2.33. The van der Waals surface area contributed by atoms with Gasteiger partial charge in [0.1, 0.15) is 11.6 Å². The zero-order chi connectivity index (χ0) is 12.1. The van der Waals surface area contributed by atoms with E-state index in [4.69, 9.17) is 0 Å². The molecule has 0 spiro atoms. The number of hydrogen-bond acceptors (Lipinski definition) is 1. The molecule has 0 aliphatic heterocycles. The van der Waals surface area contributed by atoms with Crippen LogP contribution in [0.2, 0.25) is 0 Å². The second-order valence-electron chi connectivity index (χ2n) is 4.00. The lowest BCUT2D eigenvalue weighted by atomic mass is 10.0. The molecule has 0 unspecified atom stereocenters. The first-order valence-corrected chi connectivity index (χ1v) is 5.54. The number of ketones is 1. The predicted octanol–water partition coefficient (Wildman–Crippen LogP) is 3.60. The molecular weight excluding hydrogens is 251 g/mol. The molecule has 94 valence electrons. The fraction of sp³-hybridized carbons (Fsp3) is 0.133. The van der Waals surface area contributed by atoms with E-state index in [0.717, 1.165) is 11.1 Å². The standard InChI is InChI=1S/C15H13FO.ClH/c16-14-8-6-13(7-9-14)11-15(17)10-12-4-2-1-3-5-12;/h1-9H,10-11H2;1H. The van der Waals surface area contributed by atoms with Gasteiger partial charge in [0.05, 0.1) is 0 Å². The number of rotatable bonds is 4. The highest BCUT2D eigenvalue weighted by atomic mass is 35.5. The van der Waals surface area contributed by atoms with Gasteiger partial charge in [-0.1, -0.05) is 42.5 Å².